The van der Waals surface area contributed by atoms with E-state index in [0.29, 0.717) is 0 Å². The quantitative estimate of drug-likeness (QED) is 0.391. The van der Waals surface area contributed by atoms with Gasteiger partial charge < -0.3 is 0 Å². The molecule has 0 unspecified atom stereocenters. The van der Waals surface area contributed by atoms with E-state index in [4.69, 9.17) is 0 Å². The molecule has 0 bridgehead atoms. The second-order valence-corrected chi connectivity index (χ2v) is 20.6. The molecule has 1 aliphatic heterocycles. The van der Waals surface area contributed by atoms with Crippen LogP contribution in [0.4, 0.5) is 39.5 Å². The van der Waals surface area contributed by atoms with E-state index >= 15 is 0 Å². The molecular formula is C11H23Cl3F9N3Ti. The number of rotatable bonds is 1. The van der Waals surface area contributed by atoms with Crippen LogP contribution < -0.4 is 10.6 Å². The van der Waals surface area contributed by atoms with E-state index in [1.807, 2.05) is 0 Å². The Hall–Kier alpha value is 0.834. The molecule has 0 aromatic carbocycles. The third-order valence-electron chi connectivity index (χ3n) is 5.63. The summed E-state index contributed by atoms with van der Waals surface area (Å²) in [5.41, 5.74) is 0. The van der Waals surface area contributed by atoms with E-state index in [9.17, 15) is 39.5 Å². The first kappa shape index (κ1) is 32.5. The molecule has 1 fully saturated rings. The number of hydrogen-bond donors (Lipinski definition) is 2. The Bertz CT molecular complexity index is 439. The van der Waals surface area contributed by atoms with Gasteiger partial charge in [0.2, 0.25) is 0 Å². The van der Waals surface area contributed by atoms with Gasteiger partial charge in [-0.2, -0.15) is 0 Å². The average Bonchev–Trinajstić information content (AvgIpc) is 2.48. The first-order chi connectivity index (χ1) is 10.5. The van der Waals surface area contributed by atoms with Crippen molar-refractivity contribution in [2.24, 2.45) is 0 Å². The van der Waals surface area contributed by atoms with Crippen molar-refractivity contribution in [3.05, 3.63) is 0 Å². The van der Waals surface area contributed by atoms with Crippen LogP contribution in [-0.2, 0) is 14.3 Å². The van der Waals surface area contributed by atoms with E-state index < -0.39 is 64.4 Å². The summed E-state index contributed by atoms with van der Waals surface area (Å²) in [5, 5.41) is 3.86. The molecule has 0 spiro atoms. The van der Waals surface area contributed by atoms with Gasteiger partial charge in [0.1, 0.15) is 0 Å². The minimum atomic E-state index is -9.91. The van der Waals surface area contributed by atoms with Gasteiger partial charge in [0.25, 0.3) is 0 Å². The average molecular weight is 523 g/mol. The molecule has 0 aliphatic carbocycles. The molecule has 2 N–H and O–H groups in total. The third kappa shape index (κ3) is 3.71. The van der Waals surface area contributed by atoms with Crippen molar-refractivity contribution in [1.82, 2.24) is 14.0 Å². The first-order valence-corrected chi connectivity index (χ1v) is 13.4. The fourth-order valence-corrected chi connectivity index (χ4v) is 8.75. The Morgan fingerprint density at radius 3 is 1.07 bits per heavy atom. The molecule has 0 saturated carbocycles. The predicted octanol–water partition coefficient (Wildman–Crippen LogP) is 4.54. The molecule has 1 saturated heterocycles. The normalized spacial score (nSPS) is 21.0. The Labute approximate surface area is 168 Å². The van der Waals surface area contributed by atoms with Gasteiger partial charge in [0.15, 0.2) is 0 Å². The molecule has 16 heteroatoms. The second kappa shape index (κ2) is 8.91. The summed E-state index contributed by atoms with van der Waals surface area (Å²) in [5.74, 6) is 0. The van der Waals surface area contributed by atoms with Gasteiger partial charge in [-0.15, -0.1) is 37.2 Å². The van der Waals surface area contributed by atoms with E-state index in [-0.39, 0.29) is 53.7 Å². The van der Waals surface area contributed by atoms with E-state index in [2.05, 4.69) is 10.6 Å². The molecule has 0 amide bonds. The molecule has 0 atom stereocenters. The number of hydrogen-bond acceptors (Lipinski definition) is 3. The maximum atomic E-state index is 13.8. The number of alkyl halides is 9. The third-order valence-corrected chi connectivity index (χ3v) is 18.9. The van der Waals surface area contributed by atoms with Crippen LogP contribution in [0.2, 0.25) is 10.5 Å². The summed E-state index contributed by atoms with van der Waals surface area (Å²) in [6.07, 6.45) is 0. The maximum absolute atomic E-state index is 13.8. The van der Waals surface area contributed by atoms with Crippen LogP contribution in [-0.4, -0.2) is 56.1 Å². The van der Waals surface area contributed by atoms with Crippen molar-refractivity contribution in [2.45, 2.75) is 23.9 Å². The van der Waals surface area contributed by atoms with Crippen LogP contribution in [0.15, 0.2) is 0 Å². The molecule has 0 aromatic rings. The zero-order valence-electron chi connectivity index (χ0n) is 14.3. The van der Waals surface area contributed by atoms with Crippen LogP contribution in [0.5, 0.6) is 0 Å². The Morgan fingerprint density at radius 1 is 0.593 bits per heavy atom. The monoisotopic (exact) mass is 521 g/mol. The molecule has 1 heterocycles. The fraction of sp³-hybridized carbons (Fsp3) is 1.00. The zero-order chi connectivity index (χ0) is 19.1. The molecule has 27 heavy (non-hydrogen) atoms. The summed E-state index contributed by atoms with van der Waals surface area (Å²) < 4.78 is 104. The molecule has 1 rings (SSSR count). The molecular weight excluding hydrogens is 499 g/mol. The van der Waals surface area contributed by atoms with Crippen LogP contribution >= 0.6 is 37.2 Å². The summed E-state index contributed by atoms with van der Waals surface area (Å²) in [7, 11) is 0. The van der Waals surface area contributed by atoms with Gasteiger partial charge >= 0.3 is 131 Å². The SMILES string of the molecule is Cl.Cl.Cl.[CH3][Ti]([CH3])([N]1CCNCCNCC1)([C](F)(F)F)([C](F)(F)F)[C](F)(F)F. The van der Waals surface area contributed by atoms with Gasteiger partial charge in [-0.25, -0.2) is 0 Å². The minimum absolute atomic E-state index is 0. The van der Waals surface area contributed by atoms with Gasteiger partial charge in [-0.3, -0.25) is 0 Å². The fourth-order valence-electron chi connectivity index (χ4n) is 2.77. The van der Waals surface area contributed by atoms with E-state index in [1.54, 1.807) is 0 Å². The summed E-state index contributed by atoms with van der Waals surface area (Å²) in [6, 6.07) is 0. The molecule has 3 nitrogen and oxygen atoms in total. The first-order valence-electron chi connectivity index (χ1n) is 7.22. The molecule has 0 aromatic heterocycles. The van der Waals surface area contributed by atoms with Gasteiger partial charge in [-0.05, 0) is 0 Å². The van der Waals surface area contributed by atoms with E-state index in [0.717, 1.165) is 0 Å². The Kier molecular flexibility index (Phi) is 10.7. The Balaban J connectivity index is -0.00000192. The predicted molar refractivity (Wildman–Crippen MR) is 88.9 cm³/mol. The summed E-state index contributed by atoms with van der Waals surface area (Å²) in [6.45, 7) is -2.36. The topological polar surface area (TPSA) is 27.3 Å². The van der Waals surface area contributed by atoms with Crippen molar-refractivity contribution in [1.29, 1.82) is 0 Å². The Morgan fingerprint density at radius 2 is 0.852 bits per heavy atom. The number of nitrogens with one attached hydrogen (secondary N) is 2. The number of halogens is 12. The van der Waals surface area contributed by atoms with Crippen molar-refractivity contribution < 1.29 is 53.8 Å². The van der Waals surface area contributed by atoms with Gasteiger partial charge in [-0.1, -0.05) is 0 Å². The van der Waals surface area contributed by atoms with Crippen LogP contribution in [0.3, 0.4) is 0 Å². The van der Waals surface area contributed by atoms with Crippen molar-refractivity contribution in [3.8, 4) is 0 Å². The summed E-state index contributed by atoms with van der Waals surface area (Å²) >= 11 is -9.91. The standard InChI is InChI=1S/C6H14N3.3CF3.2CH3.3ClH.Ti/c1-2-8-5-6-9-4-3-7-1;3*2-1(3)4;;;;;;/h7-8H,1-6H2;;;;2*1H3;3*1H;/q-1;;;;;;;;;+1. The number of nitrogens with zero attached hydrogens (tertiary/aromatic N) is 1. The molecule has 1 aliphatic rings. The van der Waals surface area contributed by atoms with E-state index in [1.165, 1.54) is 0 Å². The van der Waals surface area contributed by atoms with Gasteiger partial charge in [0, 0.05) is 0 Å². The van der Waals surface area contributed by atoms with Crippen LogP contribution in [0.1, 0.15) is 0 Å². The van der Waals surface area contributed by atoms with Crippen molar-refractivity contribution >= 4 is 37.2 Å². The van der Waals surface area contributed by atoms with Crippen molar-refractivity contribution in [2.75, 3.05) is 39.3 Å². The zero-order valence-corrected chi connectivity index (χ0v) is 18.3. The van der Waals surface area contributed by atoms with Crippen LogP contribution in [0.25, 0.3) is 0 Å². The van der Waals surface area contributed by atoms with Crippen LogP contribution in [0, 0.1) is 0 Å². The van der Waals surface area contributed by atoms with Gasteiger partial charge in [0.05, 0.1) is 0 Å². The molecule has 170 valence electrons. The second-order valence-electron chi connectivity index (χ2n) is 7.14. The summed E-state index contributed by atoms with van der Waals surface area (Å²) in [4.78, 5) is 0. The molecule has 0 radical (unpaired) electrons. The van der Waals surface area contributed by atoms with Crippen molar-refractivity contribution in [3.63, 3.8) is 0 Å².